The van der Waals surface area contributed by atoms with Crippen LogP contribution in [0.25, 0.3) is 11.0 Å². The summed E-state index contributed by atoms with van der Waals surface area (Å²) in [5.74, 6) is 0. The first-order valence-electron chi connectivity index (χ1n) is 4.30. The average molecular weight is 162 g/mol. The Balaban J connectivity index is 2.61. The molecule has 0 aliphatic rings. The maximum absolute atomic E-state index is 7.63. The van der Waals surface area contributed by atoms with Crippen LogP contribution in [-0.2, 0) is 0 Å². The van der Waals surface area contributed by atoms with E-state index in [2.05, 4.69) is 9.97 Å². The Morgan fingerprint density at radius 1 is 1.75 bits per heavy atom. The molecule has 1 atom stereocenters. The van der Waals surface area contributed by atoms with Crippen LogP contribution >= 0.6 is 0 Å². The first-order valence-corrected chi connectivity index (χ1v) is 3.80. The third-order valence-corrected chi connectivity index (χ3v) is 1.86. The number of rotatable bonds is 1. The van der Waals surface area contributed by atoms with Crippen LogP contribution in [0.5, 0.6) is 0 Å². The maximum atomic E-state index is 7.63. The molecule has 3 N–H and O–H groups in total. The molecule has 0 fully saturated rings. The molecule has 0 saturated heterocycles. The molecule has 0 aliphatic heterocycles. The monoisotopic (exact) mass is 162 g/mol. The average Bonchev–Trinajstić information content (AvgIpc) is 2.47. The van der Waals surface area contributed by atoms with Gasteiger partial charge in [0.05, 0.1) is 1.37 Å². The highest BCUT2D eigenvalue weighted by atomic mass is 14.8. The molecule has 3 heteroatoms. The van der Waals surface area contributed by atoms with Crippen LogP contribution in [0, 0.1) is 0 Å². The van der Waals surface area contributed by atoms with E-state index in [1.54, 1.807) is 13.1 Å². The number of hydrogen-bond acceptors (Lipinski definition) is 2. The van der Waals surface area contributed by atoms with Crippen LogP contribution in [0.4, 0.5) is 0 Å². The Morgan fingerprint density at radius 2 is 2.58 bits per heavy atom. The third-order valence-electron chi connectivity index (χ3n) is 1.86. The van der Waals surface area contributed by atoms with Crippen molar-refractivity contribution in [2.45, 2.75) is 12.9 Å². The first-order chi connectivity index (χ1) is 6.07. The second-order valence-electron chi connectivity index (χ2n) is 2.82. The highest BCUT2D eigenvalue weighted by Gasteiger charge is 2.01. The van der Waals surface area contributed by atoms with Crippen LogP contribution in [0.1, 0.15) is 19.9 Å². The van der Waals surface area contributed by atoms with E-state index in [4.69, 9.17) is 7.10 Å². The van der Waals surface area contributed by atoms with E-state index in [1.807, 2.05) is 18.3 Å². The van der Waals surface area contributed by atoms with Gasteiger partial charge in [0.2, 0.25) is 0 Å². The van der Waals surface area contributed by atoms with Crippen molar-refractivity contribution in [3.8, 4) is 0 Å². The first kappa shape index (κ1) is 6.20. The van der Waals surface area contributed by atoms with Gasteiger partial charge in [-0.15, -0.1) is 0 Å². The smallest absolute Gasteiger partial charge is 0.137 e. The van der Waals surface area contributed by atoms with Crippen molar-refractivity contribution >= 4 is 11.0 Å². The maximum Gasteiger partial charge on any atom is 0.137 e. The number of aromatic nitrogens is 2. The van der Waals surface area contributed by atoms with Crippen molar-refractivity contribution in [1.29, 1.82) is 0 Å². The van der Waals surface area contributed by atoms with Crippen molar-refractivity contribution < 1.29 is 1.37 Å². The molecule has 2 aromatic heterocycles. The molecule has 1 unspecified atom stereocenters. The van der Waals surface area contributed by atoms with Gasteiger partial charge in [-0.05, 0) is 24.6 Å². The molecular formula is C9H11N3. The molecule has 2 aromatic rings. The van der Waals surface area contributed by atoms with E-state index < -0.39 is 6.02 Å². The second kappa shape index (κ2) is 2.60. The Bertz CT molecular complexity index is 428. The lowest BCUT2D eigenvalue weighted by molar-refractivity contribution is 0.814. The Morgan fingerprint density at radius 3 is 3.33 bits per heavy atom. The fourth-order valence-electron chi connectivity index (χ4n) is 1.16. The van der Waals surface area contributed by atoms with Gasteiger partial charge >= 0.3 is 0 Å². The Hall–Kier alpha value is -1.35. The normalized spacial score (nSPS) is 17.3. The minimum absolute atomic E-state index is 0.722. The van der Waals surface area contributed by atoms with Gasteiger partial charge in [-0.25, -0.2) is 4.98 Å². The highest BCUT2D eigenvalue weighted by Crippen LogP contribution is 2.14. The standard InChI is InChI=1S/C9H11N3/c1-6(10)8-4-7-2-3-11-9(7)12-5-8/h2-6H,10H2,1H3,(H,11,12)/i6D. The molecule has 0 saturated carbocycles. The molecule has 12 heavy (non-hydrogen) atoms. The summed E-state index contributed by atoms with van der Waals surface area (Å²) in [6.07, 6.45) is 3.45. The second-order valence-corrected chi connectivity index (χ2v) is 2.82. The van der Waals surface area contributed by atoms with Gasteiger partial charge in [0.15, 0.2) is 0 Å². The number of fused-ring (bicyclic) bond motifs is 1. The molecule has 3 nitrogen and oxygen atoms in total. The van der Waals surface area contributed by atoms with E-state index in [-0.39, 0.29) is 0 Å². The van der Waals surface area contributed by atoms with E-state index in [0.29, 0.717) is 0 Å². The summed E-state index contributed by atoms with van der Waals surface area (Å²) >= 11 is 0. The largest absolute Gasteiger partial charge is 0.346 e. The third kappa shape index (κ3) is 1.08. The number of nitrogens with zero attached hydrogens (tertiary/aromatic N) is 1. The lowest BCUT2D eigenvalue weighted by atomic mass is 10.1. The SMILES string of the molecule is [2H]C(C)(N)c1cnc2[nH]ccc2c1. The molecule has 2 rings (SSSR count). The fraction of sp³-hybridized carbons (Fsp3) is 0.222. The summed E-state index contributed by atoms with van der Waals surface area (Å²) in [6, 6.07) is 2.72. The van der Waals surface area contributed by atoms with Crippen molar-refractivity contribution in [1.82, 2.24) is 9.97 Å². The number of nitrogens with one attached hydrogen (secondary N) is 1. The Kier molecular flexibility index (Phi) is 1.35. The number of nitrogens with two attached hydrogens (primary N) is 1. The summed E-state index contributed by atoms with van der Waals surface area (Å²) in [4.78, 5) is 7.14. The predicted molar refractivity (Wildman–Crippen MR) is 48.7 cm³/mol. The lowest BCUT2D eigenvalue weighted by Crippen LogP contribution is -2.04. The predicted octanol–water partition coefficient (Wildman–Crippen LogP) is 1.58. The van der Waals surface area contributed by atoms with Crippen LogP contribution in [0.15, 0.2) is 24.5 Å². The lowest BCUT2D eigenvalue weighted by Gasteiger charge is -2.03. The minimum atomic E-state index is -1.07. The number of pyridine rings is 1. The van der Waals surface area contributed by atoms with Gasteiger partial charge in [0.25, 0.3) is 0 Å². The summed E-state index contributed by atoms with van der Waals surface area (Å²) in [7, 11) is 0. The number of hydrogen-bond donors (Lipinski definition) is 2. The van der Waals surface area contributed by atoms with Crippen LogP contribution < -0.4 is 5.73 Å². The summed E-state index contributed by atoms with van der Waals surface area (Å²) in [5.41, 5.74) is 7.18. The molecule has 0 aliphatic carbocycles. The van der Waals surface area contributed by atoms with Gasteiger partial charge in [0.1, 0.15) is 5.65 Å². The van der Waals surface area contributed by atoms with Crippen molar-refractivity contribution in [3.05, 3.63) is 30.1 Å². The zero-order valence-electron chi connectivity index (χ0n) is 7.83. The zero-order valence-corrected chi connectivity index (χ0v) is 6.83. The molecule has 2 heterocycles. The van der Waals surface area contributed by atoms with E-state index >= 15 is 0 Å². The van der Waals surface area contributed by atoms with Crippen molar-refractivity contribution in [2.75, 3.05) is 0 Å². The molecule has 0 spiro atoms. The topological polar surface area (TPSA) is 54.7 Å². The van der Waals surface area contributed by atoms with E-state index in [1.165, 1.54) is 0 Å². The van der Waals surface area contributed by atoms with E-state index in [0.717, 1.165) is 16.6 Å². The molecule has 0 amide bonds. The quantitative estimate of drug-likeness (QED) is 0.669. The zero-order chi connectivity index (χ0) is 9.47. The number of aromatic amines is 1. The molecule has 0 bridgehead atoms. The molecular weight excluding hydrogens is 150 g/mol. The van der Waals surface area contributed by atoms with Gasteiger partial charge in [0, 0.05) is 23.8 Å². The summed E-state index contributed by atoms with van der Waals surface area (Å²) in [5, 5.41) is 0.987. The fourth-order valence-corrected chi connectivity index (χ4v) is 1.16. The molecule has 62 valence electrons. The van der Waals surface area contributed by atoms with Gasteiger partial charge in [-0.1, -0.05) is 0 Å². The van der Waals surface area contributed by atoms with Crippen LogP contribution in [0.3, 0.4) is 0 Å². The summed E-state index contributed by atoms with van der Waals surface area (Å²) in [6.45, 7) is 1.64. The van der Waals surface area contributed by atoms with Gasteiger partial charge in [-0.2, -0.15) is 0 Å². The van der Waals surface area contributed by atoms with Crippen LogP contribution in [-0.4, -0.2) is 9.97 Å². The van der Waals surface area contributed by atoms with Gasteiger partial charge in [-0.3, -0.25) is 0 Å². The Labute approximate surface area is 72.0 Å². The summed E-state index contributed by atoms with van der Waals surface area (Å²) < 4.78 is 7.63. The highest BCUT2D eigenvalue weighted by molar-refractivity contribution is 5.75. The number of H-pyrrole nitrogens is 1. The van der Waals surface area contributed by atoms with E-state index in [9.17, 15) is 0 Å². The molecule has 0 aromatic carbocycles. The molecule has 0 radical (unpaired) electrons. The van der Waals surface area contributed by atoms with Crippen LogP contribution in [0.2, 0.25) is 0 Å². The van der Waals surface area contributed by atoms with Crippen molar-refractivity contribution in [3.63, 3.8) is 0 Å². The van der Waals surface area contributed by atoms with Gasteiger partial charge < -0.3 is 10.7 Å². The van der Waals surface area contributed by atoms with Crippen molar-refractivity contribution in [2.24, 2.45) is 5.73 Å². The minimum Gasteiger partial charge on any atom is -0.346 e.